The van der Waals surface area contributed by atoms with E-state index in [0.29, 0.717) is 17.3 Å². The second-order valence-corrected chi connectivity index (χ2v) is 3.69. The van der Waals surface area contributed by atoms with Gasteiger partial charge in [-0.1, -0.05) is 30.3 Å². The third-order valence-corrected chi connectivity index (χ3v) is 2.53. The van der Waals surface area contributed by atoms with Crippen LogP contribution in [0.25, 0.3) is 17.0 Å². The smallest absolute Gasteiger partial charge is 0.344 e. The number of rotatable bonds is 3. The molecule has 0 aliphatic carbocycles. The largest absolute Gasteiger partial charge is 0.401 e. The van der Waals surface area contributed by atoms with Crippen molar-refractivity contribution in [3.05, 3.63) is 42.5 Å². The average Bonchev–Trinajstić information content (AvgIpc) is 2.83. The van der Waals surface area contributed by atoms with E-state index < -0.39 is 0 Å². The van der Waals surface area contributed by atoms with E-state index in [-0.39, 0.29) is 0 Å². The molecule has 1 aromatic carbocycles. The Morgan fingerprint density at radius 2 is 1.89 bits per heavy atom. The number of nitrogens with zero attached hydrogens (tertiary/aromatic N) is 4. The first kappa shape index (κ1) is 10.7. The molecule has 6 nitrogen and oxygen atoms in total. The maximum Gasteiger partial charge on any atom is 0.344 e. The molecule has 2 aromatic heterocycles. The fourth-order valence-electron chi connectivity index (χ4n) is 1.72. The van der Waals surface area contributed by atoms with E-state index in [1.54, 1.807) is 10.6 Å². The van der Waals surface area contributed by atoms with E-state index in [4.69, 9.17) is 5.64 Å². The van der Waals surface area contributed by atoms with Crippen molar-refractivity contribution in [3.8, 4) is 11.4 Å². The molecule has 0 bridgehead atoms. The van der Waals surface area contributed by atoms with Crippen molar-refractivity contribution in [2.75, 3.05) is 5.23 Å². The summed E-state index contributed by atoms with van der Waals surface area (Å²) in [7, 11) is 1.33. The van der Waals surface area contributed by atoms with Gasteiger partial charge in [0.25, 0.3) is 0 Å². The summed E-state index contributed by atoms with van der Waals surface area (Å²) < 4.78 is 1.68. The van der Waals surface area contributed by atoms with Gasteiger partial charge in [0, 0.05) is 5.56 Å². The zero-order valence-electron chi connectivity index (χ0n) is 9.49. The highest BCUT2D eigenvalue weighted by atomic mass is 15.4. The van der Waals surface area contributed by atoms with E-state index in [2.05, 4.69) is 20.5 Å². The molecule has 0 saturated carbocycles. The number of fused-ring (bicyclic) bond motifs is 1. The van der Waals surface area contributed by atoms with Crippen molar-refractivity contribution in [2.24, 2.45) is 5.64 Å². The maximum atomic E-state index is 5.31. The summed E-state index contributed by atoms with van der Waals surface area (Å²) in [6.07, 6.45) is 0. The van der Waals surface area contributed by atoms with E-state index in [1.807, 2.05) is 36.4 Å². The zero-order chi connectivity index (χ0) is 12.4. The molecule has 0 saturated heterocycles. The summed E-state index contributed by atoms with van der Waals surface area (Å²) >= 11 is 0. The molecule has 0 fully saturated rings. The highest BCUT2D eigenvalue weighted by molar-refractivity contribution is 6.35. The third kappa shape index (κ3) is 1.80. The first-order valence-corrected chi connectivity index (χ1v) is 5.46. The summed E-state index contributed by atoms with van der Waals surface area (Å²) in [6, 6.07) is 13.4. The number of nitrogens with one attached hydrogen (secondary N) is 1. The van der Waals surface area contributed by atoms with E-state index in [9.17, 15) is 0 Å². The molecule has 0 amide bonds. The molecule has 0 unspecified atom stereocenters. The third-order valence-electron chi connectivity index (χ3n) is 2.53. The van der Waals surface area contributed by atoms with Crippen LogP contribution >= 0.6 is 0 Å². The fraction of sp³-hybridized carbons (Fsp3) is 0. The number of aromatic nitrogens is 4. The summed E-state index contributed by atoms with van der Waals surface area (Å²) in [5, 5.41) is 15.4. The number of benzene rings is 1. The number of hydrogen-bond donors (Lipinski definition) is 2. The Kier molecular flexibility index (Phi) is 2.66. The van der Waals surface area contributed by atoms with Crippen LogP contribution in [0.5, 0.6) is 0 Å². The molecule has 3 N–H and O–H groups in total. The number of hydrogen-bond acceptors (Lipinski definition) is 5. The van der Waals surface area contributed by atoms with E-state index >= 15 is 0 Å². The minimum absolute atomic E-state index is 0.641. The summed E-state index contributed by atoms with van der Waals surface area (Å²) in [5.41, 5.74) is 6.97. The lowest BCUT2D eigenvalue weighted by atomic mass is 10.2. The van der Waals surface area contributed by atoms with E-state index in [1.165, 1.54) is 7.55 Å². The molecule has 0 atom stereocenters. The summed E-state index contributed by atoms with van der Waals surface area (Å²) in [5.74, 6) is 1.34. The normalized spacial score (nSPS) is 10.5. The van der Waals surface area contributed by atoms with Crippen molar-refractivity contribution < 1.29 is 0 Å². The number of anilines is 1. The van der Waals surface area contributed by atoms with Gasteiger partial charge < -0.3 is 10.9 Å². The van der Waals surface area contributed by atoms with Crippen molar-refractivity contribution >= 4 is 19.0 Å². The van der Waals surface area contributed by atoms with Gasteiger partial charge >= 0.3 is 7.55 Å². The predicted octanol–water partition coefficient (Wildman–Crippen LogP) is 0.696. The van der Waals surface area contributed by atoms with Gasteiger partial charge in [0.15, 0.2) is 11.5 Å². The molecule has 2 heterocycles. The maximum absolute atomic E-state index is 5.31. The lowest BCUT2D eigenvalue weighted by molar-refractivity contribution is 0.944. The predicted molar refractivity (Wildman–Crippen MR) is 69.8 cm³/mol. The Balaban J connectivity index is 2.15. The van der Waals surface area contributed by atoms with Crippen LogP contribution in [0, 0.1) is 0 Å². The first-order chi connectivity index (χ1) is 8.88. The van der Waals surface area contributed by atoms with Gasteiger partial charge in [0.1, 0.15) is 5.82 Å². The van der Waals surface area contributed by atoms with Gasteiger partial charge in [-0.15, -0.1) is 15.3 Å². The van der Waals surface area contributed by atoms with Crippen LogP contribution in [0.2, 0.25) is 0 Å². The summed E-state index contributed by atoms with van der Waals surface area (Å²) in [6.45, 7) is 0. The van der Waals surface area contributed by atoms with Crippen LogP contribution in [0.15, 0.2) is 42.5 Å². The Morgan fingerprint density at radius 1 is 1.06 bits per heavy atom. The lowest BCUT2D eigenvalue weighted by Gasteiger charge is -2.02. The van der Waals surface area contributed by atoms with Crippen LogP contribution in [0.1, 0.15) is 0 Å². The highest BCUT2D eigenvalue weighted by Crippen LogP contribution is 2.17. The van der Waals surface area contributed by atoms with Gasteiger partial charge in [-0.2, -0.15) is 4.52 Å². The summed E-state index contributed by atoms with van der Waals surface area (Å²) in [4.78, 5) is 0. The van der Waals surface area contributed by atoms with Crippen molar-refractivity contribution in [1.29, 1.82) is 0 Å². The van der Waals surface area contributed by atoms with Crippen LogP contribution in [0.3, 0.4) is 0 Å². The monoisotopic (exact) mass is 237 g/mol. The fourth-order valence-corrected chi connectivity index (χ4v) is 1.72. The molecule has 0 spiro atoms. The minimum Gasteiger partial charge on any atom is -0.401 e. The Bertz CT molecular complexity index is 666. The van der Waals surface area contributed by atoms with Gasteiger partial charge in [-0.3, -0.25) is 0 Å². The number of nitrogens with two attached hydrogens (primary N) is 1. The van der Waals surface area contributed by atoms with Gasteiger partial charge in [0.2, 0.25) is 0 Å². The van der Waals surface area contributed by atoms with Crippen LogP contribution in [-0.4, -0.2) is 27.4 Å². The SMILES string of the molecule is N[B]Nc1ccc2nnc(-c3ccccc3)n2n1. The minimum atomic E-state index is 0.641. The quantitative estimate of drug-likeness (QED) is 0.655. The second-order valence-electron chi connectivity index (χ2n) is 3.69. The highest BCUT2D eigenvalue weighted by Gasteiger charge is 2.09. The standard InChI is InChI=1S/C11H10BN6/c13-12-14-9-6-7-10-15-16-11(18(10)17-9)8-4-2-1-3-5-8/h1-7H,13H2,(H,14,17). The Morgan fingerprint density at radius 3 is 2.67 bits per heavy atom. The molecule has 3 aromatic rings. The molecule has 0 aliphatic heterocycles. The topological polar surface area (TPSA) is 81.1 Å². The Hall–Kier alpha value is -2.41. The molecular weight excluding hydrogens is 227 g/mol. The van der Waals surface area contributed by atoms with Gasteiger partial charge in [0.05, 0.1) is 0 Å². The molecule has 1 radical (unpaired) electrons. The lowest BCUT2D eigenvalue weighted by Crippen LogP contribution is -2.17. The molecule has 7 heteroatoms. The molecule has 3 rings (SSSR count). The van der Waals surface area contributed by atoms with E-state index in [0.717, 1.165) is 5.56 Å². The molecule has 87 valence electrons. The van der Waals surface area contributed by atoms with Crippen molar-refractivity contribution in [1.82, 2.24) is 19.8 Å². The molecular formula is C11H10BN6. The van der Waals surface area contributed by atoms with Crippen LogP contribution in [-0.2, 0) is 0 Å². The van der Waals surface area contributed by atoms with Gasteiger partial charge in [-0.05, 0) is 12.1 Å². The average molecular weight is 237 g/mol. The Labute approximate surface area is 104 Å². The van der Waals surface area contributed by atoms with Crippen molar-refractivity contribution in [2.45, 2.75) is 0 Å². The van der Waals surface area contributed by atoms with Crippen LogP contribution in [0.4, 0.5) is 5.82 Å². The zero-order valence-corrected chi connectivity index (χ0v) is 9.49. The first-order valence-electron chi connectivity index (χ1n) is 5.46. The molecule has 0 aliphatic rings. The van der Waals surface area contributed by atoms with Crippen molar-refractivity contribution in [3.63, 3.8) is 0 Å². The van der Waals surface area contributed by atoms with Gasteiger partial charge in [-0.25, -0.2) is 0 Å². The van der Waals surface area contributed by atoms with Crippen LogP contribution < -0.4 is 10.9 Å². The second kappa shape index (κ2) is 4.46. The molecule has 18 heavy (non-hydrogen) atoms.